The van der Waals surface area contributed by atoms with E-state index in [2.05, 4.69) is 5.32 Å². The van der Waals surface area contributed by atoms with Crippen molar-refractivity contribution in [1.29, 1.82) is 0 Å². The Hall–Kier alpha value is -3.36. The van der Waals surface area contributed by atoms with Crippen molar-refractivity contribution < 1.29 is 18.0 Å². The Kier molecular flexibility index (Phi) is 9.72. The summed E-state index contributed by atoms with van der Waals surface area (Å²) >= 11 is 6.08. The number of anilines is 1. The number of halogens is 1. The number of likely N-dealkylation sites (N-methyl/N-ethyl adjacent to an activating group) is 1. The van der Waals surface area contributed by atoms with Crippen LogP contribution in [0.1, 0.15) is 23.6 Å². The first-order chi connectivity index (χ1) is 17.6. The van der Waals surface area contributed by atoms with Crippen molar-refractivity contribution in [2.24, 2.45) is 0 Å². The number of benzene rings is 3. The minimum Gasteiger partial charge on any atom is -0.355 e. The van der Waals surface area contributed by atoms with Crippen LogP contribution in [0.5, 0.6) is 0 Å². The van der Waals surface area contributed by atoms with Gasteiger partial charge in [0.25, 0.3) is 0 Å². The van der Waals surface area contributed by atoms with Crippen LogP contribution in [-0.4, -0.2) is 50.5 Å². The van der Waals surface area contributed by atoms with Crippen LogP contribution in [0.3, 0.4) is 0 Å². The summed E-state index contributed by atoms with van der Waals surface area (Å²) in [4.78, 5) is 28.7. The number of amides is 2. The molecule has 0 heterocycles. The molecule has 0 aliphatic heterocycles. The fourth-order valence-corrected chi connectivity index (χ4v) is 5.25. The Morgan fingerprint density at radius 2 is 1.54 bits per heavy atom. The van der Waals surface area contributed by atoms with Crippen molar-refractivity contribution in [3.63, 3.8) is 0 Å². The van der Waals surface area contributed by atoms with Gasteiger partial charge in [-0.05, 0) is 48.7 Å². The van der Waals surface area contributed by atoms with Crippen LogP contribution in [-0.2, 0) is 32.6 Å². The summed E-state index contributed by atoms with van der Waals surface area (Å²) in [6, 6.07) is 22.7. The van der Waals surface area contributed by atoms with Crippen molar-refractivity contribution in [2.45, 2.75) is 32.9 Å². The Balaban J connectivity index is 2.04. The predicted octanol–water partition coefficient (Wildman–Crippen LogP) is 4.19. The molecule has 3 aromatic carbocycles. The van der Waals surface area contributed by atoms with Gasteiger partial charge in [-0.25, -0.2) is 8.42 Å². The Morgan fingerprint density at radius 3 is 2.08 bits per heavy atom. The van der Waals surface area contributed by atoms with Crippen LogP contribution in [0.2, 0.25) is 5.02 Å². The molecule has 9 heteroatoms. The molecule has 0 fully saturated rings. The van der Waals surface area contributed by atoms with E-state index in [1.807, 2.05) is 67.6 Å². The van der Waals surface area contributed by atoms with E-state index in [4.69, 9.17) is 11.6 Å². The summed E-state index contributed by atoms with van der Waals surface area (Å²) in [5.74, 6) is -0.792. The average Bonchev–Trinajstić information content (AvgIpc) is 2.86. The second-order valence-corrected chi connectivity index (χ2v) is 11.2. The highest BCUT2D eigenvalue weighted by molar-refractivity contribution is 7.92. The molecule has 0 aliphatic rings. The van der Waals surface area contributed by atoms with Crippen molar-refractivity contribution in [3.8, 4) is 0 Å². The van der Waals surface area contributed by atoms with Gasteiger partial charge < -0.3 is 10.2 Å². The summed E-state index contributed by atoms with van der Waals surface area (Å²) in [7, 11) is -3.83. The van der Waals surface area contributed by atoms with Crippen molar-refractivity contribution in [3.05, 3.63) is 101 Å². The van der Waals surface area contributed by atoms with E-state index in [9.17, 15) is 18.0 Å². The predicted molar refractivity (Wildman–Crippen MR) is 148 cm³/mol. The van der Waals surface area contributed by atoms with E-state index in [1.165, 1.54) is 4.90 Å². The molecule has 0 saturated carbocycles. The molecular weight excluding hydrogens is 510 g/mol. The zero-order valence-corrected chi connectivity index (χ0v) is 22.8. The molecule has 1 atom stereocenters. The van der Waals surface area contributed by atoms with E-state index in [0.29, 0.717) is 22.8 Å². The molecule has 37 heavy (non-hydrogen) atoms. The maximum atomic E-state index is 13.9. The quantitative estimate of drug-likeness (QED) is 0.394. The van der Waals surface area contributed by atoms with Crippen molar-refractivity contribution >= 4 is 39.1 Å². The maximum Gasteiger partial charge on any atom is 0.244 e. The topological polar surface area (TPSA) is 86.8 Å². The highest BCUT2D eigenvalue weighted by Crippen LogP contribution is 2.26. The standard InChI is InChI=1S/C28H32ClN3O4S/c1-4-30-28(34)26(18-22-11-7-5-8-12-22)31(19-23-13-9-6-10-14-23)27(33)20-32(37(3,35)36)25-16-15-24(29)17-21(25)2/h5-17,26H,4,18-20H2,1-3H3,(H,30,34)/t26-/m1/s1. The number of nitrogens with zero attached hydrogens (tertiary/aromatic N) is 2. The Morgan fingerprint density at radius 1 is 0.946 bits per heavy atom. The van der Waals surface area contributed by atoms with E-state index in [-0.39, 0.29) is 18.9 Å². The summed E-state index contributed by atoms with van der Waals surface area (Å²) < 4.78 is 26.7. The highest BCUT2D eigenvalue weighted by atomic mass is 35.5. The molecule has 0 spiro atoms. The summed E-state index contributed by atoms with van der Waals surface area (Å²) in [6.45, 7) is 3.63. The van der Waals surface area contributed by atoms with E-state index < -0.39 is 28.5 Å². The smallest absolute Gasteiger partial charge is 0.244 e. The third kappa shape index (κ3) is 7.81. The number of hydrogen-bond donors (Lipinski definition) is 1. The second-order valence-electron chi connectivity index (χ2n) is 8.81. The van der Waals surface area contributed by atoms with Crippen LogP contribution < -0.4 is 9.62 Å². The van der Waals surface area contributed by atoms with Crippen molar-refractivity contribution in [1.82, 2.24) is 10.2 Å². The molecule has 0 radical (unpaired) electrons. The zero-order valence-electron chi connectivity index (χ0n) is 21.2. The fourth-order valence-electron chi connectivity index (χ4n) is 4.12. The van der Waals surface area contributed by atoms with Gasteiger partial charge in [0, 0.05) is 24.5 Å². The zero-order chi connectivity index (χ0) is 27.0. The molecule has 1 N–H and O–H groups in total. The lowest BCUT2D eigenvalue weighted by Gasteiger charge is -2.33. The Bertz CT molecular complexity index is 1320. The van der Waals surface area contributed by atoms with Gasteiger partial charge in [-0.1, -0.05) is 72.3 Å². The minimum atomic E-state index is -3.83. The number of carbonyl (C=O) groups excluding carboxylic acids is 2. The molecule has 0 aromatic heterocycles. The third-order valence-corrected chi connectivity index (χ3v) is 7.29. The van der Waals surface area contributed by atoms with E-state index >= 15 is 0 Å². The number of aryl methyl sites for hydroxylation is 1. The SMILES string of the molecule is CCNC(=O)[C@@H](Cc1ccccc1)N(Cc1ccccc1)C(=O)CN(c1ccc(Cl)cc1C)S(C)(=O)=O. The molecule has 0 aliphatic carbocycles. The second kappa shape index (κ2) is 12.7. The van der Waals surface area contributed by atoms with Crippen LogP contribution in [0.4, 0.5) is 5.69 Å². The number of hydrogen-bond acceptors (Lipinski definition) is 4. The van der Waals surface area contributed by atoms with Crippen LogP contribution in [0.25, 0.3) is 0 Å². The molecular formula is C28H32ClN3O4S. The monoisotopic (exact) mass is 541 g/mol. The minimum absolute atomic E-state index is 0.144. The lowest BCUT2D eigenvalue weighted by Crippen LogP contribution is -2.53. The van der Waals surface area contributed by atoms with Crippen LogP contribution in [0, 0.1) is 6.92 Å². The van der Waals surface area contributed by atoms with Crippen molar-refractivity contribution in [2.75, 3.05) is 23.7 Å². The molecule has 3 rings (SSSR count). The average molecular weight is 542 g/mol. The lowest BCUT2D eigenvalue weighted by atomic mass is 10.0. The van der Waals surface area contributed by atoms with Gasteiger partial charge in [-0.2, -0.15) is 0 Å². The van der Waals surface area contributed by atoms with Crippen LogP contribution >= 0.6 is 11.6 Å². The van der Waals surface area contributed by atoms with Gasteiger partial charge in [0.2, 0.25) is 21.8 Å². The molecule has 2 amide bonds. The summed E-state index contributed by atoms with van der Waals surface area (Å²) in [5, 5.41) is 3.30. The molecule has 3 aromatic rings. The maximum absolute atomic E-state index is 13.9. The highest BCUT2D eigenvalue weighted by Gasteiger charge is 2.33. The number of rotatable bonds is 11. The molecule has 0 unspecified atom stereocenters. The third-order valence-electron chi connectivity index (χ3n) is 5.92. The molecule has 7 nitrogen and oxygen atoms in total. The van der Waals surface area contributed by atoms with Gasteiger partial charge in [0.05, 0.1) is 11.9 Å². The number of sulfonamides is 1. The van der Waals surface area contributed by atoms with E-state index in [0.717, 1.165) is 21.7 Å². The summed E-state index contributed by atoms with van der Waals surface area (Å²) in [6.07, 6.45) is 1.34. The van der Waals surface area contributed by atoms with Crippen LogP contribution in [0.15, 0.2) is 78.9 Å². The molecule has 0 bridgehead atoms. The first kappa shape index (κ1) is 28.2. The normalized spacial score (nSPS) is 12.0. The number of carbonyl (C=O) groups is 2. The van der Waals surface area contributed by atoms with Gasteiger partial charge in [-0.15, -0.1) is 0 Å². The van der Waals surface area contributed by atoms with Gasteiger partial charge in [-0.3, -0.25) is 13.9 Å². The van der Waals surface area contributed by atoms with E-state index in [1.54, 1.807) is 25.1 Å². The first-order valence-corrected chi connectivity index (χ1v) is 14.2. The molecule has 0 saturated heterocycles. The van der Waals surface area contributed by atoms with Gasteiger partial charge in [0.1, 0.15) is 12.6 Å². The number of nitrogens with one attached hydrogen (secondary N) is 1. The Labute approximate surface area is 224 Å². The largest absolute Gasteiger partial charge is 0.355 e. The summed E-state index contributed by atoms with van der Waals surface area (Å²) in [5.41, 5.74) is 2.69. The lowest BCUT2D eigenvalue weighted by molar-refractivity contribution is -0.140. The van der Waals surface area contributed by atoms with Gasteiger partial charge >= 0.3 is 0 Å². The van der Waals surface area contributed by atoms with Gasteiger partial charge in [0.15, 0.2) is 0 Å². The fraction of sp³-hybridized carbons (Fsp3) is 0.286. The first-order valence-electron chi connectivity index (χ1n) is 12.0. The molecule has 196 valence electrons.